The van der Waals surface area contributed by atoms with Crippen molar-refractivity contribution >= 4 is 23.7 Å². The Kier molecular flexibility index (Phi) is 9.29. The van der Waals surface area contributed by atoms with Gasteiger partial charge in [0.25, 0.3) is 0 Å². The van der Waals surface area contributed by atoms with Crippen molar-refractivity contribution in [3.05, 3.63) is 23.5 Å². The highest BCUT2D eigenvalue weighted by molar-refractivity contribution is 5.97. The number of methoxy groups -OCH3 is 1. The van der Waals surface area contributed by atoms with Crippen LogP contribution in [-0.2, 0) is 47.6 Å². The van der Waals surface area contributed by atoms with E-state index in [1.54, 1.807) is 13.8 Å². The van der Waals surface area contributed by atoms with Gasteiger partial charge in [-0.3, -0.25) is 4.79 Å². The Morgan fingerprint density at radius 1 is 1.06 bits per heavy atom. The fourth-order valence-corrected chi connectivity index (χ4v) is 9.69. The van der Waals surface area contributed by atoms with E-state index >= 15 is 0 Å². The molecule has 2 saturated carbocycles. The molecule has 2 bridgehead atoms. The first-order chi connectivity index (χ1) is 23.7. The van der Waals surface area contributed by atoms with Gasteiger partial charge in [-0.05, 0) is 50.2 Å². The molecular formula is C34H46O17. The molecule has 16 atom stereocenters. The van der Waals surface area contributed by atoms with Gasteiger partial charge in [-0.15, -0.1) is 0 Å². The van der Waals surface area contributed by atoms with Crippen molar-refractivity contribution < 1.29 is 83.3 Å². The quantitative estimate of drug-likeness (QED) is 0.0804. The Morgan fingerprint density at radius 2 is 1.73 bits per heavy atom. The van der Waals surface area contributed by atoms with Crippen molar-refractivity contribution in [1.82, 2.24) is 0 Å². The van der Waals surface area contributed by atoms with Crippen molar-refractivity contribution in [3.63, 3.8) is 0 Å². The summed E-state index contributed by atoms with van der Waals surface area (Å²) in [6, 6.07) is 0. The van der Waals surface area contributed by atoms with Crippen molar-refractivity contribution in [2.75, 3.05) is 20.3 Å². The number of allylic oxidation sites excluding steroid dienone is 2. The van der Waals surface area contributed by atoms with Crippen molar-refractivity contribution in [2.24, 2.45) is 34.5 Å². The summed E-state index contributed by atoms with van der Waals surface area (Å²) in [6.07, 6.45) is -12.8. The molecule has 0 aromatic heterocycles. The molecule has 3 saturated heterocycles. The molecule has 3 aliphatic heterocycles. The van der Waals surface area contributed by atoms with Crippen LogP contribution < -0.4 is 0 Å². The molecule has 1 spiro atoms. The van der Waals surface area contributed by atoms with E-state index in [0.29, 0.717) is 0 Å². The van der Waals surface area contributed by atoms with Crippen LogP contribution in [0, 0.1) is 34.5 Å². The first kappa shape index (κ1) is 37.7. The number of carbonyl (C=O) groups is 4. The molecule has 0 radical (unpaired) electrons. The zero-order valence-corrected chi connectivity index (χ0v) is 29.0. The second-order valence-electron chi connectivity index (χ2n) is 15.4. The highest BCUT2D eigenvalue weighted by atomic mass is 16.7. The van der Waals surface area contributed by atoms with Gasteiger partial charge >= 0.3 is 17.9 Å². The van der Waals surface area contributed by atoms with E-state index in [0.717, 1.165) is 13.2 Å². The van der Waals surface area contributed by atoms with Crippen LogP contribution in [0.5, 0.6) is 0 Å². The third kappa shape index (κ3) is 5.22. The van der Waals surface area contributed by atoms with Crippen LogP contribution in [0.1, 0.15) is 41.0 Å². The van der Waals surface area contributed by atoms with Gasteiger partial charge in [0.15, 0.2) is 11.5 Å². The van der Waals surface area contributed by atoms with E-state index < -0.39 is 131 Å². The number of aliphatic hydroxyl groups excluding tert-OH is 6. The molecule has 1 unspecified atom stereocenters. The second kappa shape index (κ2) is 12.6. The summed E-state index contributed by atoms with van der Waals surface area (Å²) < 4.78 is 34.2. The van der Waals surface area contributed by atoms with E-state index in [1.165, 1.54) is 26.8 Å². The van der Waals surface area contributed by atoms with Gasteiger partial charge in [-0.25, -0.2) is 14.4 Å². The Hall–Kier alpha value is -3.00. The van der Waals surface area contributed by atoms with Gasteiger partial charge in [-0.2, -0.15) is 0 Å². The summed E-state index contributed by atoms with van der Waals surface area (Å²) in [5.74, 6) is -8.35. The SMILES string of the molecule is COC(=O)[C@]12OC[C@]34C([C@@H](O)[C@@H]1O)[C@@]1(C)C=C(O[C@@H]5O[C@H](CO)[C@@H](O)[C@H](O)[C@H]5O)C(=O)[C@@H](C)[C@@H]1C[C@H]3OC(=O)[C@H](OC(=O)/C=C(/C)C(C)(C)O)[C@@H]24. The van der Waals surface area contributed by atoms with Gasteiger partial charge in [0, 0.05) is 23.3 Å². The lowest BCUT2D eigenvalue weighted by atomic mass is 9.38. The van der Waals surface area contributed by atoms with Crippen LogP contribution in [0.2, 0.25) is 0 Å². The van der Waals surface area contributed by atoms with Gasteiger partial charge in [0.05, 0.1) is 37.9 Å². The molecule has 5 fully saturated rings. The fourth-order valence-electron chi connectivity index (χ4n) is 9.69. The molecular weight excluding hydrogens is 680 g/mol. The molecule has 3 heterocycles. The van der Waals surface area contributed by atoms with Crippen LogP contribution in [0.15, 0.2) is 23.5 Å². The molecule has 3 aliphatic carbocycles. The molecule has 17 nitrogen and oxygen atoms in total. The summed E-state index contributed by atoms with van der Waals surface area (Å²) in [4.78, 5) is 54.5. The van der Waals surface area contributed by atoms with Crippen molar-refractivity contribution in [2.45, 2.75) is 107 Å². The lowest BCUT2D eigenvalue weighted by Crippen LogP contribution is -2.79. The summed E-state index contributed by atoms with van der Waals surface area (Å²) in [5.41, 5.74) is -6.49. The lowest BCUT2D eigenvalue weighted by Gasteiger charge is -2.67. The average Bonchev–Trinajstić information content (AvgIpc) is 3.37. The molecule has 51 heavy (non-hydrogen) atoms. The molecule has 6 aliphatic rings. The van der Waals surface area contributed by atoms with Crippen LogP contribution in [-0.4, -0.2) is 146 Å². The predicted octanol–water partition coefficient (Wildman–Crippen LogP) is -2.62. The van der Waals surface area contributed by atoms with Gasteiger partial charge < -0.3 is 64.2 Å². The maximum Gasteiger partial charge on any atom is 0.348 e. The fraction of sp³-hybridized carbons (Fsp3) is 0.765. The van der Waals surface area contributed by atoms with Crippen molar-refractivity contribution in [1.29, 1.82) is 0 Å². The second-order valence-corrected chi connectivity index (χ2v) is 15.4. The van der Waals surface area contributed by atoms with E-state index in [-0.39, 0.29) is 24.4 Å². The summed E-state index contributed by atoms with van der Waals surface area (Å²) in [6.45, 7) is 6.50. The van der Waals surface area contributed by atoms with Gasteiger partial charge in [-0.1, -0.05) is 13.8 Å². The number of fused-ring (bicyclic) bond motifs is 2. The average molecular weight is 727 g/mol. The summed E-state index contributed by atoms with van der Waals surface area (Å²) >= 11 is 0. The number of aliphatic hydroxyl groups is 7. The third-order valence-electron chi connectivity index (χ3n) is 12.5. The minimum atomic E-state index is -2.40. The van der Waals surface area contributed by atoms with E-state index in [2.05, 4.69) is 0 Å². The van der Waals surface area contributed by atoms with Crippen LogP contribution in [0.3, 0.4) is 0 Å². The maximum atomic E-state index is 13.8. The number of Topliss-reactive ketones (excluding diaryl/α,β-unsaturated/α-hetero) is 1. The Balaban J connectivity index is 1.47. The summed E-state index contributed by atoms with van der Waals surface area (Å²) in [5, 5.41) is 75.2. The highest BCUT2D eigenvalue weighted by Crippen LogP contribution is 2.72. The Morgan fingerprint density at radius 3 is 2.33 bits per heavy atom. The minimum absolute atomic E-state index is 0.00772. The largest absolute Gasteiger partial charge is 0.467 e. The van der Waals surface area contributed by atoms with Crippen LogP contribution >= 0.6 is 0 Å². The van der Waals surface area contributed by atoms with Gasteiger partial charge in [0.2, 0.25) is 18.0 Å². The standard InChI is InChI=1S/C34H46O17/c1-12(31(3,4)45)7-18(36)51-24-26-33-11-47-34(26,30(44)46-6)27(42)23(41)25(33)32(5)9-15(19(37)13(2)14(32)8-17(33)50-28(24)43)48-29-22(40)21(39)20(38)16(10-35)49-29/h7,9,13-14,16-17,20-27,29,35,38-42,45H,8,10-11H2,1-6H3/b12-7-/t13-,14-,16+,17+,20+,21-,22+,23+,24+,25?,26+,27-,29+,32-,33+,34+/m0/s1. The normalized spacial score (nSPS) is 47.7. The van der Waals surface area contributed by atoms with E-state index in [4.69, 9.17) is 28.4 Å². The minimum Gasteiger partial charge on any atom is -0.467 e. The summed E-state index contributed by atoms with van der Waals surface area (Å²) in [7, 11) is 1.03. The monoisotopic (exact) mass is 726 g/mol. The smallest absolute Gasteiger partial charge is 0.348 e. The van der Waals surface area contributed by atoms with E-state index in [9.17, 15) is 54.9 Å². The van der Waals surface area contributed by atoms with Crippen molar-refractivity contribution in [3.8, 4) is 0 Å². The number of esters is 3. The highest BCUT2D eigenvalue weighted by Gasteiger charge is 2.85. The number of hydrogen-bond acceptors (Lipinski definition) is 17. The molecule has 6 rings (SSSR count). The first-order valence-corrected chi connectivity index (χ1v) is 16.9. The Bertz CT molecular complexity index is 1530. The van der Waals surface area contributed by atoms with Gasteiger partial charge in [0.1, 0.15) is 36.6 Å². The van der Waals surface area contributed by atoms with Crippen LogP contribution in [0.25, 0.3) is 0 Å². The first-order valence-electron chi connectivity index (χ1n) is 16.9. The third-order valence-corrected chi connectivity index (χ3v) is 12.5. The number of hydrogen-bond donors (Lipinski definition) is 7. The molecule has 17 heteroatoms. The molecule has 0 amide bonds. The number of ketones is 1. The predicted molar refractivity (Wildman–Crippen MR) is 165 cm³/mol. The zero-order chi connectivity index (χ0) is 37.7. The number of rotatable bonds is 7. The zero-order valence-electron chi connectivity index (χ0n) is 29.0. The maximum absolute atomic E-state index is 13.8. The molecule has 0 aromatic carbocycles. The molecule has 284 valence electrons. The Labute approximate surface area is 292 Å². The topological polar surface area (TPSA) is 265 Å². The van der Waals surface area contributed by atoms with E-state index in [1.807, 2.05) is 0 Å². The van der Waals surface area contributed by atoms with Crippen LogP contribution in [0.4, 0.5) is 0 Å². The lowest BCUT2D eigenvalue weighted by molar-refractivity contribution is -0.296. The number of ether oxygens (including phenoxy) is 6. The number of carbonyl (C=O) groups excluding carboxylic acids is 4. The molecule has 7 N–H and O–H groups in total. The molecule has 0 aromatic rings.